The lowest BCUT2D eigenvalue weighted by atomic mass is 9.92. The quantitative estimate of drug-likeness (QED) is 0.0953. The molecule has 6 aromatic carbocycles. The van der Waals surface area contributed by atoms with Crippen LogP contribution in [0.1, 0.15) is 84.7 Å². The highest BCUT2D eigenvalue weighted by Gasteiger charge is 2.67. The summed E-state index contributed by atoms with van der Waals surface area (Å²) in [4.78, 5) is 52.9. The molecule has 3 aliphatic rings. The maximum Gasteiger partial charge on any atom is 0.337 e. The highest BCUT2D eigenvalue weighted by atomic mass is 35.5. The molecule has 8 nitrogen and oxygen atoms in total. The number of rotatable bonds is 11. The number of hydrogen-bond donors (Lipinski definition) is 0. The minimum Gasteiger partial charge on any atom is -0.465 e. The number of carbonyl (C=O) groups excluding carboxylic acids is 4. The molecule has 10 heteroatoms. The molecule has 9 rings (SSSR count). The molecule has 0 N–H and O–H groups in total. The predicted octanol–water partition coefficient (Wildman–Crippen LogP) is 10.7. The van der Waals surface area contributed by atoms with E-state index < -0.39 is 11.4 Å². The molecule has 1 heterocycles. The van der Waals surface area contributed by atoms with E-state index in [0.29, 0.717) is 41.1 Å². The first-order valence-electron chi connectivity index (χ1n) is 19.7. The van der Waals surface area contributed by atoms with Gasteiger partial charge in [-0.25, -0.2) is 9.59 Å². The number of carbonyl (C=O) groups is 4. The van der Waals surface area contributed by atoms with Crippen molar-refractivity contribution in [2.24, 2.45) is 0 Å². The minimum atomic E-state index is -0.510. The van der Waals surface area contributed by atoms with Crippen LogP contribution in [0, 0.1) is 0 Å². The largest absolute Gasteiger partial charge is 0.465 e. The smallest absolute Gasteiger partial charge is 0.337 e. The summed E-state index contributed by atoms with van der Waals surface area (Å²) in [7, 11) is 2.72. The molecule has 4 atom stereocenters. The van der Waals surface area contributed by atoms with Crippen LogP contribution in [0.5, 0.6) is 0 Å². The monoisotopic (exact) mass is 836 g/mol. The van der Waals surface area contributed by atoms with Gasteiger partial charge in [-0.1, -0.05) is 108 Å². The molecule has 2 unspecified atom stereocenters. The Labute approximate surface area is 359 Å². The summed E-state index contributed by atoms with van der Waals surface area (Å²) in [6.45, 7) is 0.791. The first kappa shape index (κ1) is 40.6. The van der Waals surface area contributed by atoms with Gasteiger partial charge in [-0.05, 0) is 119 Å². The van der Waals surface area contributed by atoms with Crippen LogP contribution in [-0.4, -0.2) is 38.5 Å². The summed E-state index contributed by atoms with van der Waals surface area (Å²) < 4.78 is 9.62. The molecule has 60 heavy (non-hydrogen) atoms. The molecule has 0 aromatic heterocycles. The Balaban J connectivity index is 0.000000166. The number of fused-ring (bicyclic) bond motifs is 2. The number of ether oxygens (including phenoxy) is 2. The molecular formula is C50H42Cl2N2O6. The van der Waals surface area contributed by atoms with Crippen molar-refractivity contribution in [1.82, 2.24) is 0 Å². The SMILES string of the molecule is COC(=O)c1cccc(CN(C=O)c2ccccc2C2CC2c2ccc(Cl)cc2)c1.COC(=O)c1cccc(CN2C(=O)[C@@]3(C[C@H]3c3ccc(Cl)cc3)c3ccccc32)c1. The van der Waals surface area contributed by atoms with Gasteiger partial charge in [-0.2, -0.15) is 0 Å². The number of hydrogen-bond acceptors (Lipinski definition) is 6. The molecular weight excluding hydrogens is 795 g/mol. The molecule has 2 saturated carbocycles. The number of methoxy groups -OCH3 is 2. The third-order valence-electron chi connectivity index (χ3n) is 11.8. The zero-order valence-electron chi connectivity index (χ0n) is 33.1. The van der Waals surface area contributed by atoms with Gasteiger partial charge >= 0.3 is 11.9 Å². The van der Waals surface area contributed by atoms with E-state index in [4.69, 9.17) is 32.7 Å². The van der Waals surface area contributed by atoms with Crippen molar-refractivity contribution >= 4 is 58.8 Å². The average molecular weight is 838 g/mol. The van der Waals surface area contributed by atoms with Crippen molar-refractivity contribution in [2.75, 3.05) is 24.0 Å². The van der Waals surface area contributed by atoms with Crippen molar-refractivity contribution < 1.29 is 28.7 Å². The number of benzene rings is 6. The highest BCUT2D eigenvalue weighted by molar-refractivity contribution is 6.30. The van der Waals surface area contributed by atoms with Crippen molar-refractivity contribution in [3.05, 3.63) is 200 Å². The summed E-state index contributed by atoms with van der Waals surface area (Å²) in [5, 5.41) is 1.43. The lowest BCUT2D eigenvalue weighted by Crippen LogP contribution is -2.32. The predicted molar refractivity (Wildman–Crippen MR) is 234 cm³/mol. The number of nitrogens with zero attached hydrogens (tertiary/aromatic N) is 2. The second kappa shape index (κ2) is 17.2. The third-order valence-corrected chi connectivity index (χ3v) is 12.3. The van der Waals surface area contributed by atoms with Crippen LogP contribution in [0.2, 0.25) is 10.0 Å². The fourth-order valence-corrected chi connectivity index (χ4v) is 8.92. The molecule has 2 aliphatic carbocycles. The van der Waals surface area contributed by atoms with Crippen LogP contribution in [0.25, 0.3) is 0 Å². The van der Waals surface area contributed by atoms with E-state index in [2.05, 4.69) is 24.3 Å². The normalized spacial score (nSPS) is 19.4. The Morgan fingerprint density at radius 1 is 0.717 bits per heavy atom. The molecule has 0 saturated heterocycles. The highest BCUT2D eigenvalue weighted by Crippen LogP contribution is 2.66. The van der Waals surface area contributed by atoms with Gasteiger partial charge in [0.05, 0.1) is 43.9 Å². The van der Waals surface area contributed by atoms with E-state index in [0.717, 1.165) is 63.5 Å². The lowest BCUT2D eigenvalue weighted by Gasteiger charge is -2.21. The fraction of sp³-hybridized carbons (Fsp3) is 0.200. The summed E-state index contributed by atoms with van der Waals surface area (Å²) in [5.74, 6) is 0.290. The van der Waals surface area contributed by atoms with Gasteiger partial charge in [0.2, 0.25) is 12.3 Å². The topological polar surface area (TPSA) is 93.2 Å². The molecule has 0 bridgehead atoms. The van der Waals surface area contributed by atoms with Crippen LogP contribution < -0.4 is 9.80 Å². The minimum absolute atomic E-state index is 0.118. The van der Waals surface area contributed by atoms with Gasteiger partial charge in [-0.15, -0.1) is 0 Å². The average Bonchev–Trinajstić information content (AvgIpc) is 4.22. The Kier molecular flexibility index (Phi) is 11.6. The van der Waals surface area contributed by atoms with Gasteiger partial charge in [0, 0.05) is 27.3 Å². The van der Waals surface area contributed by atoms with Gasteiger partial charge in [0.15, 0.2) is 0 Å². The van der Waals surface area contributed by atoms with Crippen molar-refractivity contribution in [3.8, 4) is 0 Å². The third kappa shape index (κ3) is 8.05. The molecule has 2 amide bonds. The molecule has 1 aliphatic heterocycles. The van der Waals surface area contributed by atoms with Crippen molar-refractivity contribution in [1.29, 1.82) is 0 Å². The number of anilines is 2. The zero-order valence-corrected chi connectivity index (χ0v) is 34.6. The fourth-order valence-electron chi connectivity index (χ4n) is 8.67. The Bertz CT molecular complexity index is 2570. The van der Waals surface area contributed by atoms with Crippen LogP contribution >= 0.6 is 23.2 Å². The first-order chi connectivity index (χ1) is 29.1. The number of halogens is 2. The van der Waals surface area contributed by atoms with E-state index >= 15 is 0 Å². The zero-order chi connectivity index (χ0) is 42.0. The van der Waals surface area contributed by atoms with Gasteiger partial charge in [0.25, 0.3) is 0 Å². The maximum absolute atomic E-state index is 13.7. The van der Waals surface area contributed by atoms with Crippen LogP contribution in [0.4, 0.5) is 11.4 Å². The first-order valence-corrected chi connectivity index (χ1v) is 20.5. The Morgan fingerprint density at radius 2 is 1.30 bits per heavy atom. The van der Waals surface area contributed by atoms with Gasteiger partial charge < -0.3 is 19.3 Å². The van der Waals surface area contributed by atoms with Crippen molar-refractivity contribution in [3.63, 3.8) is 0 Å². The summed E-state index contributed by atoms with van der Waals surface area (Å²) >= 11 is 12.1. The van der Waals surface area contributed by atoms with Gasteiger partial charge in [-0.3, -0.25) is 9.59 Å². The summed E-state index contributed by atoms with van der Waals surface area (Å²) in [6, 6.07) is 46.2. The van der Waals surface area contributed by atoms with Crippen LogP contribution in [0.15, 0.2) is 146 Å². The number of para-hydroxylation sites is 2. The number of esters is 2. The lowest BCUT2D eigenvalue weighted by molar-refractivity contribution is -0.120. The Morgan fingerprint density at radius 3 is 1.95 bits per heavy atom. The van der Waals surface area contributed by atoms with Crippen LogP contribution in [0.3, 0.4) is 0 Å². The molecule has 2 fully saturated rings. The van der Waals surface area contributed by atoms with E-state index in [-0.39, 0.29) is 17.8 Å². The van der Waals surface area contributed by atoms with Crippen molar-refractivity contribution in [2.45, 2.75) is 49.1 Å². The summed E-state index contributed by atoms with van der Waals surface area (Å²) in [6.07, 6.45) is 2.69. The Hall–Kier alpha value is -6.22. The van der Waals surface area contributed by atoms with Gasteiger partial charge in [0.1, 0.15) is 0 Å². The maximum atomic E-state index is 13.7. The second-order valence-corrected chi connectivity index (χ2v) is 16.2. The van der Waals surface area contributed by atoms with E-state index in [1.54, 1.807) is 35.2 Å². The van der Waals surface area contributed by atoms with E-state index in [1.165, 1.54) is 19.8 Å². The number of amides is 2. The van der Waals surface area contributed by atoms with E-state index in [1.807, 2.05) is 95.9 Å². The summed E-state index contributed by atoms with van der Waals surface area (Å²) in [5.41, 5.74) is 8.69. The second-order valence-electron chi connectivity index (χ2n) is 15.4. The molecule has 0 radical (unpaired) electrons. The van der Waals surface area contributed by atoms with E-state index in [9.17, 15) is 19.2 Å². The van der Waals surface area contributed by atoms with Crippen LogP contribution in [-0.2, 0) is 37.6 Å². The molecule has 1 spiro atoms. The molecule has 302 valence electrons. The molecule has 6 aromatic rings. The standard InChI is InChI=1S/C25H20ClNO3.C25H22ClNO3/c1-30-23(28)18-6-4-5-16(13-18)15-27-22-8-3-2-7-20(22)25(24(27)29)14-21(25)17-9-11-19(26)12-10-17;1-30-25(29)19-6-4-5-17(13-19)15-27(16-28)24-8-3-2-7-21(24)23-14-22(23)18-9-11-20(26)12-10-18/h2-13,21H,14-15H2,1H3;2-13,16,22-23H,14-15H2,1H3/t21-,25-;/m0./s1.